The minimum Gasteiger partial charge on any atom is -0.453 e. The van der Waals surface area contributed by atoms with Crippen molar-refractivity contribution in [2.24, 2.45) is 0 Å². The first-order valence-corrected chi connectivity index (χ1v) is 13.9. The Morgan fingerprint density at radius 2 is 2.00 bits per heavy atom. The number of ether oxygens (including phenoxy) is 2. The molecule has 3 unspecified atom stereocenters. The van der Waals surface area contributed by atoms with Crippen molar-refractivity contribution in [3.8, 4) is 5.75 Å². The number of carbonyl (C=O) groups excluding carboxylic acids is 1. The van der Waals surface area contributed by atoms with E-state index in [0.717, 1.165) is 6.07 Å². The molecule has 1 saturated heterocycles. The van der Waals surface area contributed by atoms with Crippen LogP contribution in [0.1, 0.15) is 31.9 Å². The molecule has 1 fully saturated rings. The van der Waals surface area contributed by atoms with Crippen LogP contribution in [0.4, 0.5) is 20.6 Å². The third-order valence-corrected chi connectivity index (χ3v) is 7.59. The minimum atomic E-state index is -4.61. The van der Waals surface area contributed by atoms with E-state index in [1.165, 1.54) is 44.2 Å². The van der Waals surface area contributed by atoms with E-state index in [1.807, 2.05) is 0 Å². The molecule has 232 valence electrons. The number of nitro groups is 1. The van der Waals surface area contributed by atoms with E-state index in [9.17, 15) is 38.2 Å². The number of nitrogens with one attached hydrogen (secondary N) is 1. The molecular weight excluding hydrogens is 605 g/mol. The molecule has 1 aliphatic rings. The Labute approximate surface area is 240 Å². The van der Waals surface area contributed by atoms with Crippen LogP contribution >= 0.6 is 7.75 Å². The number of para-hydroxylation sites is 1. The first kappa shape index (κ1) is 31.6. The molecule has 0 spiro atoms. The fourth-order valence-corrected chi connectivity index (χ4v) is 5.29. The highest BCUT2D eigenvalue weighted by atomic mass is 31.2. The van der Waals surface area contributed by atoms with E-state index in [1.54, 1.807) is 6.07 Å². The number of halogens is 2. The summed E-state index contributed by atoms with van der Waals surface area (Å²) in [6.07, 6.45) is -7.19. The zero-order chi connectivity index (χ0) is 31.5. The van der Waals surface area contributed by atoms with Gasteiger partial charge < -0.3 is 29.3 Å². The number of hydrogen-bond donors (Lipinski definition) is 3. The molecule has 1 aromatic carbocycles. The molecule has 43 heavy (non-hydrogen) atoms. The van der Waals surface area contributed by atoms with E-state index in [0.29, 0.717) is 10.9 Å². The van der Waals surface area contributed by atoms with Gasteiger partial charge >= 0.3 is 31.2 Å². The fourth-order valence-electron chi connectivity index (χ4n) is 3.79. The van der Waals surface area contributed by atoms with Gasteiger partial charge in [0.05, 0.1) is 12.7 Å². The Kier molecular flexibility index (Phi) is 9.21. The quantitative estimate of drug-likeness (QED) is 0.112. The Bertz CT molecular complexity index is 1570. The number of nitrogen functional groups attached to an aromatic ring is 1. The van der Waals surface area contributed by atoms with Crippen molar-refractivity contribution in [2.45, 2.75) is 50.4 Å². The first-order valence-electron chi connectivity index (χ1n) is 12.3. The van der Waals surface area contributed by atoms with Gasteiger partial charge in [-0.05, 0) is 32.0 Å². The molecule has 3 heterocycles. The van der Waals surface area contributed by atoms with Crippen molar-refractivity contribution in [1.29, 1.82) is 0 Å². The Hall–Kier alpha value is -4.29. The largest absolute Gasteiger partial charge is 0.459 e. The van der Waals surface area contributed by atoms with Crippen LogP contribution in [-0.2, 0) is 23.4 Å². The lowest BCUT2D eigenvalue weighted by Crippen LogP contribution is -2.42. The van der Waals surface area contributed by atoms with Crippen molar-refractivity contribution in [3.63, 3.8) is 0 Å². The van der Waals surface area contributed by atoms with Gasteiger partial charge in [-0.15, -0.1) is 0 Å². The van der Waals surface area contributed by atoms with Crippen LogP contribution in [0.5, 0.6) is 5.75 Å². The highest BCUT2D eigenvalue weighted by molar-refractivity contribution is 7.52. The minimum absolute atomic E-state index is 0.00293. The van der Waals surface area contributed by atoms with Gasteiger partial charge in [-0.3, -0.25) is 19.4 Å². The summed E-state index contributed by atoms with van der Waals surface area (Å²) in [5.41, 5.74) is 4.06. The summed E-state index contributed by atoms with van der Waals surface area (Å²) >= 11 is 0. The van der Waals surface area contributed by atoms with Crippen molar-refractivity contribution in [1.82, 2.24) is 19.6 Å². The average Bonchev–Trinajstić information content (AvgIpc) is 3.52. The highest BCUT2D eigenvalue weighted by Gasteiger charge is 2.60. The van der Waals surface area contributed by atoms with Gasteiger partial charge in [0.15, 0.2) is 18.0 Å². The number of aromatic nitrogens is 3. The van der Waals surface area contributed by atoms with E-state index in [-0.39, 0.29) is 11.5 Å². The van der Waals surface area contributed by atoms with Gasteiger partial charge in [0.2, 0.25) is 12.2 Å². The Balaban J connectivity index is 1.48. The third-order valence-electron chi connectivity index (χ3n) is 5.95. The number of aliphatic hydroxyl groups is 1. The number of esters is 1. The summed E-state index contributed by atoms with van der Waals surface area (Å²) in [5, 5.41) is 23.5. The zero-order valence-corrected chi connectivity index (χ0v) is 23.2. The average molecular weight is 630 g/mol. The van der Waals surface area contributed by atoms with Gasteiger partial charge in [-0.2, -0.15) is 18.9 Å². The number of hydrogen-bond acceptors (Lipinski definition) is 14. The van der Waals surface area contributed by atoms with Crippen molar-refractivity contribution < 1.29 is 51.1 Å². The Morgan fingerprint density at radius 3 is 2.63 bits per heavy atom. The standard InChI is InChI=1S/C23H25F2N6O11P/c1-12(19(33)39-13(2)15-8-9-17(40-15)31(35)36)29-43(37,42-14-6-4-3-5-7-14)38-10-16-18(32)23(24,25)20(41-16)30-11-27-21(26)28-22(30)34/h3-9,11-13,16,18,20,32H,10H2,1-2H3,(H,29,37)(H2,26,28,34)/t12-,13?,16+,18?,20+,43?/m0/s1. The van der Waals surface area contributed by atoms with Crippen LogP contribution in [0.3, 0.4) is 0 Å². The number of furan rings is 1. The van der Waals surface area contributed by atoms with Crippen LogP contribution in [-0.4, -0.2) is 61.3 Å². The molecule has 3 aromatic rings. The zero-order valence-electron chi connectivity index (χ0n) is 22.3. The molecule has 1 aliphatic heterocycles. The molecule has 0 bridgehead atoms. The van der Waals surface area contributed by atoms with Crippen LogP contribution in [0.15, 0.2) is 58.0 Å². The molecule has 0 radical (unpaired) electrons. The van der Waals surface area contributed by atoms with E-state index in [2.05, 4.69) is 15.1 Å². The van der Waals surface area contributed by atoms with Crippen molar-refractivity contribution >= 4 is 25.5 Å². The van der Waals surface area contributed by atoms with Gasteiger partial charge in [-0.25, -0.2) is 18.9 Å². The molecular formula is C23H25F2N6O11P. The van der Waals surface area contributed by atoms with E-state index >= 15 is 0 Å². The smallest absolute Gasteiger partial charge is 0.453 e. The number of alkyl halides is 2. The lowest BCUT2D eigenvalue weighted by molar-refractivity contribution is -0.402. The number of nitrogens with two attached hydrogens (primary N) is 1. The number of nitrogens with zero attached hydrogens (tertiary/aromatic N) is 4. The van der Waals surface area contributed by atoms with E-state index < -0.39 is 79.3 Å². The van der Waals surface area contributed by atoms with Gasteiger partial charge in [-0.1, -0.05) is 18.2 Å². The summed E-state index contributed by atoms with van der Waals surface area (Å²) in [4.78, 5) is 41.6. The molecule has 0 saturated carbocycles. The number of carbonyl (C=O) groups is 1. The van der Waals surface area contributed by atoms with Crippen LogP contribution in [0.25, 0.3) is 0 Å². The van der Waals surface area contributed by atoms with E-state index in [4.69, 9.17) is 28.7 Å². The lowest BCUT2D eigenvalue weighted by Gasteiger charge is -2.25. The topological polar surface area (TPSA) is 233 Å². The van der Waals surface area contributed by atoms with Crippen LogP contribution in [0.2, 0.25) is 0 Å². The molecule has 4 rings (SSSR count). The predicted molar refractivity (Wildman–Crippen MR) is 139 cm³/mol. The second kappa shape index (κ2) is 12.5. The third kappa shape index (κ3) is 7.20. The normalized spacial score (nSPS) is 22.3. The second-order valence-corrected chi connectivity index (χ2v) is 10.8. The first-order chi connectivity index (χ1) is 20.2. The summed E-state index contributed by atoms with van der Waals surface area (Å²) in [6.45, 7) is 1.63. The number of anilines is 1. The fraction of sp³-hybridized carbons (Fsp3) is 0.391. The SMILES string of the molecule is CC(OC(=O)[C@H](C)NP(=O)(OC[C@H]1O[C@@H](n2cnc(N)nc2=O)C(F)(F)C1O)Oc1ccccc1)c1ccc([N+](=O)[O-])o1. The predicted octanol–water partition coefficient (Wildman–Crippen LogP) is 2.10. The summed E-state index contributed by atoms with van der Waals surface area (Å²) < 4.78 is 70.0. The van der Waals surface area contributed by atoms with Gasteiger partial charge in [0.1, 0.15) is 29.1 Å². The Morgan fingerprint density at radius 1 is 1.30 bits per heavy atom. The number of rotatable bonds is 12. The maximum atomic E-state index is 14.9. The van der Waals surface area contributed by atoms with Crippen molar-refractivity contribution in [2.75, 3.05) is 12.3 Å². The monoisotopic (exact) mass is 630 g/mol. The number of benzene rings is 1. The molecule has 4 N–H and O–H groups in total. The molecule has 20 heteroatoms. The maximum Gasteiger partial charge on any atom is 0.459 e. The van der Waals surface area contributed by atoms with Crippen LogP contribution < -0.4 is 21.0 Å². The highest BCUT2D eigenvalue weighted by Crippen LogP contribution is 2.48. The molecule has 2 aromatic heterocycles. The molecule has 6 atom stereocenters. The summed E-state index contributed by atoms with van der Waals surface area (Å²) in [7, 11) is -4.61. The maximum absolute atomic E-state index is 14.9. The molecule has 17 nitrogen and oxygen atoms in total. The van der Waals surface area contributed by atoms with Crippen molar-refractivity contribution in [3.05, 3.63) is 75.2 Å². The molecule has 0 amide bonds. The number of aliphatic hydroxyl groups excluding tert-OH is 1. The second-order valence-electron chi connectivity index (χ2n) is 9.11. The van der Waals surface area contributed by atoms with Gasteiger partial charge in [0, 0.05) is 0 Å². The lowest BCUT2D eigenvalue weighted by atomic mass is 10.1. The summed E-state index contributed by atoms with van der Waals surface area (Å²) in [6, 6.07) is 8.36. The van der Waals surface area contributed by atoms with Gasteiger partial charge in [0.25, 0.3) is 0 Å². The molecule has 0 aliphatic carbocycles. The van der Waals surface area contributed by atoms with Crippen LogP contribution in [0, 0.1) is 10.1 Å². The summed E-state index contributed by atoms with van der Waals surface area (Å²) in [5.74, 6) is -6.16.